The van der Waals surface area contributed by atoms with Crippen LogP contribution < -0.4 is 0 Å². The minimum atomic E-state index is 0.0708. The highest BCUT2D eigenvalue weighted by Gasteiger charge is 2.14. The molecule has 1 fully saturated rings. The summed E-state index contributed by atoms with van der Waals surface area (Å²) in [6.07, 6.45) is 9.48. The maximum Gasteiger partial charge on any atom is 0.157 e. The molecular weight excluding hydrogens is 292 g/mol. The van der Waals surface area contributed by atoms with Crippen LogP contribution in [0.1, 0.15) is 52.4 Å². The number of rotatable bonds is 8. The number of hydrogen-bond acceptors (Lipinski definition) is 2. The molecule has 1 heterocycles. The van der Waals surface area contributed by atoms with Gasteiger partial charge in [-0.05, 0) is 51.4 Å². The zero-order chi connectivity index (χ0) is 13.2. The Morgan fingerprint density at radius 1 is 1.44 bits per heavy atom. The van der Waals surface area contributed by atoms with Crippen molar-refractivity contribution in [3.05, 3.63) is 11.6 Å². The van der Waals surface area contributed by atoms with E-state index in [1.807, 2.05) is 0 Å². The van der Waals surface area contributed by atoms with E-state index in [4.69, 9.17) is 9.47 Å². The molecule has 0 amide bonds. The van der Waals surface area contributed by atoms with Crippen LogP contribution in [0.2, 0.25) is 0 Å². The van der Waals surface area contributed by atoms with Crippen LogP contribution in [0.25, 0.3) is 0 Å². The Morgan fingerprint density at radius 2 is 2.28 bits per heavy atom. The van der Waals surface area contributed by atoms with Gasteiger partial charge in [0.15, 0.2) is 6.29 Å². The summed E-state index contributed by atoms with van der Waals surface area (Å²) >= 11 is 3.47. The predicted molar refractivity (Wildman–Crippen MR) is 80.1 cm³/mol. The van der Waals surface area contributed by atoms with E-state index in [1.165, 1.54) is 31.3 Å². The minimum absolute atomic E-state index is 0.0708. The molecular formula is C15H27BrO2. The SMILES string of the molecule is C/C(=C/CCC(C)CCOC1CCCCO1)CBr. The largest absolute Gasteiger partial charge is 0.353 e. The first-order chi connectivity index (χ1) is 8.72. The summed E-state index contributed by atoms with van der Waals surface area (Å²) in [4.78, 5) is 0. The van der Waals surface area contributed by atoms with Crippen LogP contribution in [0, 0.1) is 5.92 Å². The van der Waals surface area contributed by atoms with Crippen LogP contribution in [0.5, 0.6) is 0 Å². The molecule has 2 unspecified atom stereocenters. The zero-order valence-electron chi connectivity index (χ0n) is 11.8. The second-order valence-corrected chi connectivity index (χ2v) is 5.88. The van der Waals surface area contributed by atoms with Gasteiger partial charge in [0, 0.05) is 18.5 Å². The van der Waals surface area contributed by atoms with E-state index in [0.717, 1.165) is 37.3 Å². The molecule has 0 saturated carbocycles. The van der Waals surface area contributed by atoms with Crippen molar-refractivity contribution < 1.29 is 9.47 Å². The van der Waals surface area contributed by atoms with Crippen molar-refractivity contribution >= 4 is 15.9 Å². The van der Waals surface area contributed by atoms with Gasteiger partial charge in [-0.1, -0.05) is 34.5 Å². The molecule has 0 spiro atoms. The number of hydrogen-bond donors (Lipinski definition) is 0. The van der Waals surface area contributed by atoms with Gasteiger partial charge >= 0.3 is 0 Å². The third kappa shape index (κ3) is 7.55. The van der Waals surface area contributed by atoms with Gasteiger partial charge in [0.05, 0.1) is 0 Å². The first kappa shape index (κ1) is 16.2. The molecule has 106 valence electrons. The van der Waals surface area contributed by atoms with E-state index in [2.05, 4.69) is 35.9 Å². The molecule has 0 aromatic carbocycles. The molecule has 0 aliphatic carbocycles. The van der Waals surface area contributed by atoms with E-state index in [-0.39, 0.29) is 6.29 Å². The average molecular weight is 319 g/mol. The van der Waals surface area contributed by atoms with Crippen LogP contribution >= 0.6 is 15.9 Å². The molecule has 1 aliphatic heterocycles. The maximum absolute atomic E-state index is 5.76. The van der Waals surface area contributed by atoms with E-state index in [0.29, 0.717) is 0 Å². The highest BCUT2D eigenvalue weighted by Crippen LogP contribution is 2.16. The lowest BCUT2D eigenvalue weighted by Gasteiger charge is -2.23. The Morgan fingerprint density at radius 3 is 2.94 bits per heavy atom. The Bertz CT molecular complexity index is 235. The molecule has 0 radical (unpaired) electrons. The van der Waals surface area contributed by atoms with Crippen LogP contribution in [0.15, 0.2) is 11.6 Å². The summed E-state index contributed by atoms with van der Waals surface area (Å²) in [6.45, 7) is 6.19. The smallest absolute Gasteiger partial charge is 0.157 e. The summed E-state index contributed by atoms with van der Waals surface area (Å²) in [7, 11) is 0. The van der Waals surface area contributed by atoms with Gasteiger partial charge in [0.25, 0.3) is 0 Å². The van der Waals surface area contributed by atoms with Gasteiger partial charge in [-0.3, -0.25) is 0 Å². The monoisotopic (exact) mass is 318 g/mol. The van der Waals surface area contributed by atoms with Gasteiger partial charge in [-0.2, -0.15) is 0 Å². The van der Waals surface area contributed by atoms with Crippen molar-refractivity contribution in [1.82, 2.24) is 0 Å². The van der Waals surface area contributed by atoms with Crippen LogP contribution in [-0.2, 0) is 9.47 Å². The fourth-order valence-corrected chi connectivity index (χ4v) is 2.29. The summed E-state index contributed by atoms with van der Waals surface area (Å²) < 4.78 is 11.3. The lowest BCUT2D eigenvalue weighted by molar-refractivity contribution is -0.163. The molecule has 3 heteroatoms. The lowest BCUT2D eigenvalue weighted by Crippen LogP contribution is -2.23. The zero-order valence-corrected chi connectivity index (χ0v) is 13.4. The topological polar surface area (TPSA) is 18.5 Å². The van der Waals surface area contributed by atoms with Gasteiger partial charge in [0.1, 0.15) is 0 Å². The molecule has 18 heavy (non-hydrogen) atoms. The minimum Gasteiger partial charge on any atom is -0.353 e. The number of ether oxygens (including phenoxy) is 2. The summed E-state index contributed by atoms with van der Waals surface area (Å²) in [5, 5.41) is 0.990. The fraction of sp³-hybridized carbons (Fsp3) is 0.867. The van der Waals surface area contributed by atoms with Crippen molar-refractivity contribution in [3.63, 3.8) is 0 Å². The molecule has 2 atom stereocenters. The molecule has 0 aromatic heterocycles. The predicted octanol–water partition coefficient (Wildman–Crippen LogP) is 4.68. The Labute approximate surface area is 120 Å². The maximum atomic E-state index is 5.76. The molecule has 0 aromatic rings. The van der Waals surface area contributed by atoms with Crippen LogP contribution in [0.3, 0.4) is 0 Å². The second kappa shape index (κ2) is 9.99. The Kier molecular flexibility index (Phi) is 8.99. The van der Waals surface area contributed by atoms with Gasteiger partial charge in [-0.25, -0.2) is 0 Å². The third-order valence-electron chi connectivity index (χ3n) is 3.42. The van der Waals surface area contributed by atoms with Gasteiger partial charge in [0.2, 0.25) is 0 Å². The van der Waals surface area contributed by atoms with E-state index in [9.17, 15) is 0 Å². The molecule has 1 rings (SSSR count). The molecule has 0 bridgehead atoms. The van der Waals surface area contributed by atoms with Crippen molar-refractivity contribution in [1.29, 1.82) is 0 Å². The molecule has 2 nitrogen and oxygen atoms in total. The fourth-order valence-electron chi connectivity index (χ4n) is 2.06. The molecule has 0 N–H and O–H groups in total. The van der Waals surface area contributed by atoms with Crippen molar-refractivity contribution in [2.45, 2.75) is 58.7 Å². The van der Waals surface area contributed by atoms with Crippen LogP contribution in [0.4, 0.5) is 0 Å². The normalized spacial score (nSPS) is 23.1. The van der Waals surface area contributed by atoms with Gasteiger partial charge < -0.3 is 9.47 Å². The summed E-state index contributed by atoms with van der Waals surface area (Å²) in [6, 6.07) is 0. The first-order valence-electron chi connectivity index (χ1n) is 7.17. The molecule has 1 saturated heterocycles. The summed E-state index contributed by atoms with van der Waals surface area (Å²) in [5.41, 5.74) is 1.43. The highest BCUT2D eigenvalue weighted by atomic mass is 79.9. The van der Waals surface area contributed by atoms with E-state index in [1.54, 1.807) is 0 Å². The Hall–Kier alpha value is 0.140. The highest BCUT2D eigenvalue weighted by molar-refractivity contribution is 9.09. The van der Waals surface area contributed by atoms with E-state index >= 15 is 0 Å². The average Bonchev–Trinajstić information content (AvgIpc) is 2.39. The number of halogens is 1. The van der Waals surface area contributed by atoms with Crippen molar-refractivity contribution in [2.24, 2.45) is 5.92 Å². The van der Waals surface area contributed by atoms with Crippen molar-refractivity contribution in [2.75, 3.05) is 18.5 Å². The standard InChI is InChI=1S/C15H27BrO2/c1-13(6-5-7-14(2)12-16)9-11-18-15-8-3-4-10-17-15/h7,13,15H,3-6,8-12H2,1-2H3/b14-7-. The molecule has 1 aliphatic rings. The third-order valence-corrected chi connectivity index (χ3v) is 4.30. The van der Waals surface area contributed by atoms with E-state index < -0.39 is 0 Å². The lowest BCUT2D eigenvalue weighted by atomic mass is 10.0. The number of allylic oxidation sites excluding steroid dienone is 2. The van der Waals surface area contributed by atoms with Gasteiger partial charge in [-0.15, -0.1) is 0 Å². The van der Waals surface area contributed by atoms with Crippen LogP contribution in [-0.4, -0.2) is 24.8 Å². The Balaban J connectivity index is 2.00. The first-order valence-corrected chi connectivity index (χ1v) is 8.29. The van der Waals surface area contributed by atoms with Crippen molar-refractivity contribution in [3.8, 4) is 0 Å². The summed E-state index contributed by atoms with van der Waals surface area (Å²) in [5.74, 6) is 0.730. The quantitative estimate of drug-likeness (QED) is 0.478. The second-order valence-electron chi connectivity index (χ2n) is 5.32. The number of alkyl halides is 1.